The second-order valence-electron chi connectivity index (χ2n) is 18.2. The van der Waals surface area contributed by atoms with Crippen LogP contribution >= 0.6 is 86.9 Å². The Morgan fingerprint density at radius 3 is 1.31 bits per heavy atom. The number of pyridine rings is 4. The van der Waals surface area contributed by atoms with Gasteiger partial charge in [0.2, 0.25) is 36.6 Å². The summed E-state index contributed by atoms with van der Waals surface area (Å²) in [5, 5.41) is 20.3. The highest BCUT2D eigenvalue weighted by Gasteiger charge is 2.38. The van der Waals surface area contributed by atoms with Crippen LogP contribution in [0.3, 0.4) is 0 Å². The first-order chi connectivity index (χ1) is 32.8. The zero-order valence-corrected chi connectivity index (χ0v) is 45.0. The number of carbonyl (C=O) groups is 2. The Morgan fingerprint density at radius 1 is 0.574 bits per heavy atom. The highest BCUT2D eigenvalue weighted by atomic mass is 79.9. The summed E-state index contributed by atoms with van der Waals surface area (Å²) in [6.45, 7) is 2.96. The third-order valence-corrected chi connectivity index (χ3v) is 17.9. The SMILES string of the molecule is O=C(Cc1cc[n+](O)cc1)N1CCC(C2c3ccc(Cl)c(Br)c3CCc3cc(Br)cnc32)CC1.O=C(Cc1cc[n+](O)cc1)N1CCC(C2c3ccc(Cl)c(Br)c3CCc3cc(Br)cnc32)CC1. The maximum Gasteiger partial charge on any atom is 0.226 e. The van der Waals surface area contributed by atoms with Crippen molar-refractivity contribution < 1.29 is 29.5 Å². The zero-order valence-electron chi connectivity index (χ0n) is 37.1. The largest absolute Gasteiger partial charge is 0.342 e. The number of piperidine rings is 2. The summed E-state index contributed by atoms with van der Waals surface area (Å²) in [4.78, 5) is 39.6. The van der Waals surface area contributed by atoms with Gasteiger partial charge in [0.1, 0.15) is 0 Å². The van der Waals surface area contributed by atoms with Crippen molar-refractivity contribution in [2.24, 2.45) is 11.8 Å². The van der Waals surface area contributed by atoms with E-state index in [4.69, 9.17) is 33.2 Å². The van der Waals surface area contributed by atoms with Crippen molar-refractivity contribution in [1.29, 1.82) is 0 Å². The van der Waals surface area contributed by atoms with E-state index in [1.807, 2.05) is 34.3 Å². The fourth-order valence-corrected chi connectivity index (χ4v) is 12.9. The van der Waals surface area contributed by atoms with E-state index in [1.165, 1.54) is 33.4 Å². The minimum absolute atomic E-state index is 0.132. The lowest BCUT2D eigenvalue weighted by atomic mass is 9.76. The lowest BCUT2D eigenvalue weighted by molar-refractivity contribution is -0.904. The molecule has 68 heavy (non-hydrogen) atoms. The first kappa shape index (κ1) is 49.1. The topological polar surface area (TPSA) is 115 Å². The van der Waals surface area contributed by atoms with Crippen molar-refractivity contribution in [3.8, 4) is 0 Å². The summed E-state index contributed by atoms with van der Waals surface area (Å²) in [5.74, 6) is 1.42. The molecule has 2 fully saturated rings. The summed E-state index contributed by atoms with van der Waals surface area (Å²) in [7, 11) is 0. The van der Waals surface area contributed by atoms with E-state index in [0.717, 1.165) is 137 Å². The quantitative estimate of drug-likeness (QED) is 0.127. The molecule has 0 spiro atoms. The van der Waals surface area contributed by atoms with E-state index in [2.05, 4.69) is 88.0 Å². The molecule has 0 saturated carbocycles. The molecule has 2 atom stereocenters. The monoisotopic (exact) mass is 1210 g/mol. The van der Waals surface area contributed by atoms with Gasteiger partial charge in [-0.25, -0.2) is 0 Å². The van der Waals surface area contributed by atoms with E-state index >= 15 is 0 Å². The van der Waals surface area contributed by atoms with Crippen LogP contribution in [0.2, 0.25) is 10.0 Å². The molecule has 352 valence electrons. The van der Waals surface area contributed by atoms with Crippen LogP contribution < -0.4 is 9.46 Å². The number of rotatable bonds is 6. The van der Waals surface area contributed by atoms with Crippen LogP contribution in [0.1, 0.15) is 93.4 Å². The molecule has 2 N–H and O–H groups in total. The van der Waals surface area contributed by atoms with Gasteiger partial charge in [0.05, 0.1) is 34.3 Å². The molecule has 2 aromatic carbocycles. The Balaban J connectivity index is 0.000000170. The molecule has 6 heterocycles. The number of nitrogens with zero attached hydrogens (tertiary/aromatic N) is 6. The van der Waals surface area contributed by atoms with Crippen LogP contribution in [0.4, 0.5) is 0 Å². The Morgan fingerprint density at radius 2 is 0.941 bits per heavy atom. The number of benzene rings is 2. The molecule has 2 amide bonds. The normalized spacial score (nSPS) is 18.2. The molecule has 16 heteroatoms. The molecule has 6 aromatic rings. The number of hydrogen-bond donors (Lipinski definition) is 2. The van der Waals surface area contributed by atoms with Gasteiger partial charge in [-0.05, 0) is 196 Å². The molecule has 4 aromatic heterocycles. The fraction of sp³-hybridized carbons (Fsp3) is 0.346. The molecule has 2 aliphatic heterocycles. The minimum atomic E-state index is 0.132. The van der Waals surface area contributed by atoms with Gasteiger partial charge in [-0.2, -0.15) is 0 Å². The highest BCUT2D eigenvalue weighted by Crippen LogP contribution is 2.47. The van der Waals surface area contributed by atoms with E-state index < -0.39 is 0 Å². The van der Waals surface area contributed by atoms with E-state index in [0.29, 0.717) is 24.7 Å². The molecule has 4 aliphatic rings. The first-order valence-electron chi connectivity index (χ1n) is 23.0. The second kappa shape index (κ2) is 21.6. The van der Waals surface area contributed by atoms with Crippen LogP contribution in [0.15, 0.2) is 116 Å². The smallest absolute Gasteiger partial charge is 0.226 e. The number of halogens is 6. The molecule has 0 bridgehead atoms. The average Bonchev–Trinajstić information content (AvgIpc) is 3.61. The van der Waals surface area contributed by atoms with E-state index in [1.54, 1.807) is 49.1 Å². The Kier molecular flexibility index (Phi) is 15.6. The molecule has 10 nitrogen and oxygen atoms in total. The Labute approximate surface area is 440 Å². The number of hydrogen-bond acceptors (Lipinski definition) is 6. The summed E-state index contributed by atoms with van der Waals surface area (Å²) in [6.07, 6.45) is 18.1. The van der Waals surface area contributed by atoms with Crippen molar-refractivity contribution >= 4 is 98.7 Å². The maximum atomic E-state index is 12.9. The van der Waals surface area contributed by atoms with Crippen LogP contribution in [-0.4, -0.2) is 68.2 Å². The van der Waals surface area contributed by atoms with Gasteiger partial charge in [-0.15, -0.1) is 0 Å². The number of amides is 2. The number of carbonyl (C=O) groups excluding carboxylic acids is 2. The Bertz CT molecular complexity index is 2650. The number of likely N-dealkylation sites (tertiary alicyclic amines) is 2. The lowest BCUT2D eigenvalue weighted by Crippen LogP contribution is -2.41. The predicted molar refractivity (Wildman–Crippen MR) is 274 cm³/mol. The zero-order chi connectivity index (χ0) is 47.6. The summed E-state index contributed by atoms with van der Waals surface area (Å²) >= 11 is 27.6. The van der Waals surface area contributed by atoms with Gasteiger partial charge in [0.15, 0.2) is 0 Å². The second-order valence-corrected chi connectivity index (χ2v) is 22.4. The Hall–Kier alpha value is -3.92. The molecular weight excluding hydrogens is 1160 g/mol. The van der Waals surface area contributed by atoms with E-state index in [9.17, 15) is 20.0 Å². The number of aromatic nitrogens is 4. The van der Waals surface area contributed by atoms with Crippen molar-refractivity contribution in [2.45, 2.75) is 76.0 Å². The number of fused-ring (bicyclic) bond motifs is 4. The van der Waals surface area contributed by atoms with Crippen molar-refractivity contribution in [2.75, 3.05) is 26.2 Å². The summed E-state index contributed by atoms with van der Waals surface area (Å²) < 4.78 is 5.95. The van der Waals surface area contributed by atoms with Gasteiger partial charge in [0.25, 0.3) is 0 Å². The maximum absolute atomic E-state index is 12.9. The van der Waals surface area contributed by atoms with Crippen LogP contribution in [-0.2, 0) is 48.1 Å². The lowest BCUT2D eigenvalue weighted by Gasteiger charge is -2.37. The van der Waals surface area contributed by atoms with Gasteiger partial charge in [0, 0.05) is 102 Å². The summed E-state index contributed by atoms with van der Waals surface area (Å²) in [5.41, 5.74) is 11.8. The third-order valence-electron chi connectivity index (χ3n) is 14.2. The first-order valence-corrected chi connectivity index (χ1v) is 26.9. The minimum Gasteiger partial charge on any atom is -0.342 e. The predicted octanol–water partition coefficient (Wildman–Crippen LogP) is 11.0. The van der Waals surface area contributed by atoms with Crippen LogP contribution in [0.5, 0.6) is 0 Å². The van der Waals surface area contributed by atoms with Crippen molar-refractivity contribution in [3.05, 3.63) is 182 Å². The summed E-state index contributed by atoms with van der Waals surface area (Å²) in [6, 6.07) is 19.8. The van der Waals surface area contributed by atoms with Gasteiger partial charge >= 0.3 is 0 Å². The fourth-order valence-electron chi connectivity index (χ4n) is 10.7. The highest BCUT2D eigenvalue weighted by molar-refractivity contribution is 9.11. The van der Waals surface area contributed by atoms with Crippen molar-refractivity contribution in [3.63, 3.8) is 0 Å². The molecule has 10 rings (SSSR count). The molecular formula is C52H50Br4Cl2N6O4+2. The van der Waals surface area contributed by atoms with Crippen molar-refractivity contribution in [1.82, 2.24) is 19.8 Å². The third kappa shape index (κ3) is 10.9. The molecule has 2 saturated heterocycles. The number of aryl methyl sites for hydroxylation is 2. The average molecular weight is 1210 g/mol. The van der Waals surface area contributed by atoms with Crippen LogP contribution in [0, 0.1) is 11.8 Å². The van der Waals surface area contributed by atoms with E-state index in [-0.39, 0.29) is 23.7 Å². The van der Waals surface area contributed by atoms with Gasteiger partial charge in [-0.1, -0.05) is 35.3 Å². The van der Waals surface area contributed by atoms with Gasteiger partial charge in [-0.3, -0.25) is 30.0 Å². The standard InChI is InChI=1S/2C26H25Br2ClN3O2/c2*27-19-14-18-1-2-21-20(3-4-22(29)25(21)28)24(26(18)30-15-19)17-7-9-31(10-8-17)23(33)13-16-5-11-32(34)12-6-16/h2*3-6,11-12,14-15,17,24,34H,1-2,7-10,13H2/q2*+1. The molecule has 0 radical (unpaired) electrons. The van der Waals surface area contributed by atoms with Gasteiger partial charge < -0.3 is 9.80 Å². The molecule has 2 unspecified atom stereocenters. The van der Waals surface area contributed by atoms with Crippen LogP contribution in [0.25, 0.3) is 0 Å². The molecule has 2 aliphatic carbocycles.